The minimum absolute atomic E-state index is 0.203. The van der Waals surface area contributed by atoms with Crippen molar-refractivity contribution in [2.24, 2.45) is 5.92 Å². The van der Waals surface area contributed by atoms with E-state index >= 15 is 0 Å². The lowest BCUT2D eigenvalue weighted by Crippen LogP contribution is -2.43. The quantitative estimate of drug-likeness (QED) is 0.727. The number of piperidine rings is 1. The fourth-order valence-electron chi connectivity index (χ4n) is 2.89. The van der Waals surface area contributed by atoms with Gasteiger partial charge in [-0.05, 0) is 31.0 Å². The van der Waals surface area contributed by atoms with Gasteiger partial charge in [-0.1, -0.05) is 15.9 Å². The van der Waals surface area contributed by atoms with Gasteiger partial charge in [0.1, 0.15) is 0 Å². The molecule has 2 heterocycles. The lowest BCUT2D eigenvalue weighted by molar-refractivity contribution is -0.121. The van der Waals surface area contributed by atoms with Crippen LogP contribution in [0.2, 0.25) is 0 Å². The van der Waals surface area contributed by atoms with Crippen LogP contribution >= 0.6 is 15.9 Å². The summed E-state index contributed by atoms with van der Waals surface area (Å²) in [6.45, 7) is 0.669. The summed E-state index contributed by atoms with van der Waals surface area (Å²) < 4.78 is 0.898. The van der Waals surface area contributed by atoms with Crippen LogP contribution in [0.5, 0.6) is 0 Å². The number of carbonyl (C=O) groups is 2. The number of anilines is 2. The van der Waals surface area contributed by atoms with Crippen molar-refractivity contribution in [2.45, 2.75) is 12.8 Å². The van der Waals surface area contributed by atoms with E-state index in [2.05, 4.69) is 26.2 Å². The zero-order valence-electron chi connectivity index (χ0n) is 12.8. The maximum Gasteiger partial charge on any atom is 0.407 e. The van der Waals surface area contributed by atoms with Gasteiger partial charge in [-0.3, -0.25) is 9.78 Å². The molecular weight excluding hydrogens is 376 g/mol. The largest absolute Gasteiger partial charge is 0.465 e. The van der Waals surface area contributed by atoms with Gasteiger partial charge in [-0.15, -0.1) is 0 Å². The number of nitrogen functional groups attached to an aromatic ring is 1. The SMILES string of the molecule is Nc1c(NC(=O)[C@@H]2CCCN(C(=O)O)C2)cnc2cc(Br)ccc12. The lowest BCUT2D eigenvalue weighted by atomic mass is 9.97. The van der Waals surface area contributed by atoms with E-state index in [9.17, 15) is 9.59 Å². The summed E-state index contributed by atoms with van der Waals surface area (Å²) in [5, 5.41) is 12.6. The molecule has 8 heteroatoms. The molecular formula is C16H17BrN4O3. The van der Waals surface area contributed by atoms with E-state index in [1.807, 2.05) is 18.2 Å². The fraction of sp³-hybridized carbons (Fsp3) is 0.312. The zero-order valence-corrected chi connectivity index (χ0v) is 14.4. The van der Waals surface area contributed by atoms with Gasteiger partial charge in [0.15, 0.2) is 0 Å². The van der Waals surface area contributed by atoms with Crippen LogP contribution in [0, 0.1) is 5.92 Å². The Bertz CT molecular complexity index is 811. The minimum Gasteiger partial charge on any atom is -0.465 e. The molecule has 2 aromatic rings. The van der Waals surface area contributed by atoms with E-state index in [4.69, 9.17) is 10.8 Å². The first kappa shape index (κ1) is 16.5. The van der Waals surface area contributed by atoms with E-state index in [1.165, 1.54) is 11.1 Å². The summed E-state index contributed by atoms with van der Waals surface area (Å²) in [7, 11) is 0. The Hall–Kier alpha value is -2.35. The maximum absolute atomic E-state index is 12.5. The molecule has 0 radical (unpaired) electrons. The maximum atomic E-state index is 12.5. The van der Waals surface area contributed by atoms with Crippen LogP contribution in [-0.2, 0) is 4.79 Å². The third-order valence-electron chi connectivity index (χ3n) is 4.19. The molecule has 0 spiro atoms. The molecule has 2 amide bonds. The van der Waals surface area contributed by atoms with E-state index in [0.717, 1.165) is 15.4 Å². The molecule has 0 saturated carbocycles. The molecule has 1 aromatic carbocycles. The number of halogens is 1. The van der Waals surface area contributed by atoms with Crippen LogP contribution in [0.25, 0.3) is 10.9 Å². The number of nitrogens with one attached hydrogen (secondary N) is 1. The number of likely N-dealkylation sites (tertiary alicyclic amines) is 1. The first-order valence-electron chi connectivity index (χ1n) is 7.58. The van der Waals surface area contributed by atoms with E-state index in [-0.39, 0.29) is 18.4 Å². The van der Waals surface area contributed by atoms with Crippen molar-refractivity contribution in [3.63, 3.8) is 0 Å². The number of amides is 2. The number of hydrogen-bond acceptors (Lipinski definition) is 4. The Labute approximate surface area is 147 Å². The van der Waals surface area contributed by atoms with Gasteiger partial charge in [0, 0.05) is 22.9 Å². The predicted molar refractivity (Wildman–Crippen MR) is 94.8 cm³/mol. The van der Waals surface area contributed by atoms with Crippen LogP contribution in [0.15, 0.2) is 28.9 Å². The van der Waals surface area contributed by atoms with E-state index in [1.54, 1.807) is 0 Å². The van der Waals surface area contributed by atoms with Gasteiger partial charge in [-0.25, -0.2) is 4.79 Å². The van der Waals surface area contributed by atoms with Gasteiger partial charge < -0.3 is 21.1 Å². The molecule has 3 rings (SSSR count). The number of nitrogens with zero attached hydrogens (tertiary/aromatic N) is 2. The molecule has 1 aliphatic rings. The molecule has 24 heavy (non-hydrogen) atoms. The first-order valence-corrected chi connectivity index (χ1v) is 8.37. The van der Waals surface area contributed by atoms with Gasteiger partial charge >= 0.3 is 6.09 Å². The third kappa shape index (κ3) is 3.28. The van der Waals surface area contributed by atoms with Crippen LogP contribution in [0.1, 0.15) is 12.8 Å². The summed E-state index contributed by atoms with van der Waals surface area (Å²) in [6.07, 6.45) is 1.86. The lowest BCUT2D eigenvalue weighted by Gasteiger charge is -2.29. The number of rotatable bonds is 2. The summed E-state index contributed by atoms with van der Waals surface area (Å²) in [5.41, 5.74) is 7.78. The van der Waals surface area contributed by atoms with Crippen LogP contribution in [0.3, 0.4) is 0 Å². The van der Waals surface area contributed by atoms with Crippen molar-refractivity contribution < 1.29 is 14.7 Å². The van der Waals surface area contributed by atoms with Crippen molar-refractivity contribution in [3.05, 3.63) is 28.9 Å². The van der Waals surface area contributed by atoms with Gasteiger partial charge in [0.2, 0.25) is 5.91 Å². The number of pyridine rings is 1. The second-order valence-corrected chi connectivity index (χ2v) is 6.72. The molecule has 1 fully saturated rings. The fourth-order valence-corrected chi connectivity index (χ4v) is 3.24. The Kier molecular flexibility index (Phi) is 4.57. The van der Waals surface area contributed by atoms with Crippen LogP contribution < -0.4 is 11.1 Å². The molecule has 0 unspecified atom stereocenters. The van der Waals surface area contributed by atoms with E-state index in [0.29, 0.717) is 30.8 Å². The normalized spacial score (nSPS) is 17.7. The standard InChI is InChI=1S/C16H17BrN4O3/c17-10-3-4-11-12(6-10)19-7-13(14(11)18)20-15(22)9-2-1-5-21(8-9)16(23)24/h3-4,6-7,9H,1-2,5,8H2,(H2,18,19)(H,20,22)(H,23,24)/t9-/m1/s1. The molecule has 0 bridgehead atoms. The molecule has 1 aliphatic heterocycles. The predicted octanol–water partition coefficient (Wildman–Crippen LogP) is 2.91. The van der Waals surface area contributed by atoms with E-state index < -0.39 is 6.09 Å². The van der Waals surface area contributed by atoms with Gasteiger partial charge in [-0.2, -0.15) is 0 Å². The van der Waals surface area contributed by atoms with Crippen LogP contribution in [0.4, 0.5) is 16.2 Å². The number of hydrogen-bond donors (Lipinski definition) is 3. The highest BCUT2D eigenvalue weighted by atomic mass is 79.9. The molecule has 4 N–H and O–H groups in total. The summed E-state index contributed by atoms with van der Waals surface area (Å²) >= 11 is 3.38. The van der Waals surface area contributed by atoms with Crippen molar-refractivity contribution in [3.8, 4) is 0 Å². The first-order chi connectivity index (χ1) is 11.5. The monoisotopic (exact) mass is 392 g/mol. The summed E-state index contributed by atoms with van der Waals surface area (Å²) in [4.78, 5) is 29.1. The number of aromatic nitrogens is 1. The Morgan fingerprint density at radius 2 is 2.21 bits per heavy atom. The number of nitrogens with two attached hydrogens (primary N) is 1. The van der Waals surface area contributed by atoms with Gasteiger partial charge in [0.05, 0.1) is 29.0 Å². The second kappa shape index (κ2) is 6.64. The Morgan fingerprint density at radius 1 is 1.42 bits per heavy atom. The summed E-state index contributed by atoms with van der Waals surface area (Å²) in [5.74, 6) is -0.610. The molecule has 1 aromatic heterocycles. The molecule has 1 atom stereocenters. The van der Waals surface area contributed by atoms with Crippen LogP contribution in [-0.4, -0.2) is 40.1 Å². The minimum atomic E-state index is -0.995. The second-order valence-electron chi connectivity index (χ2n) is 5.80. The van der Waals surface area contributed by atoms with Crippen molar-refractivity contribution in [2.75, 3.05) is 24.1 Å². The number of benzene rings is 1. The number of carboxylic acid groups (broad SMARTS) is 1. The molecule has 0 aliphatic carbocycles. The zero-order chi connectivity index (χ0) is 17.3. The number of fused-ring (bicyclic) bond motifs is 1. The number of carbonyl (C=O) groups excluding carboxylic acids is 1. The van der Waals surface area contributed by atoms with Crippen molar-refractivity contribution in [1.29, 1.82) is 0 Å². The molecule has 7 nitrogen and oxygen atoms in total. The van der Waals surface area contributed by atoms with Gasteiger partial charge in [0.25, 0.3) is 0 Å². The topological polar surface area (TPSA) is 109 Å². The highest BCUT2D eigenvalue weighted by Gasteiger charge is 2.28. The average Bonchev–Trinajstić information content (AvgIpc) is 2.57. The molecule has 1 saturated heterocycles. The third-order valence-corrected chi connectivity index (χ3v) is 4.69. The Morgan fingerprint density at radius 3 is 2.96 bits per heavy atom. The van der Waals surface area contributed by atoms with Crippen molar-refractivity contribution >= 4 is 50.2 Å². The summed E-state index contributed by atoms with van der Waals surface area (Å²) in [6, 6.07) is 5.55. The smallest absolute Gasteiger partial charge is 0.407 e. The average molecular weight is 393 g/mol. The molecule has 126 valence electrons. The highest BCUT2D eigenvalue weighted by Crippen LogP contribution is 2.29. The van der Waals surface area contributed by atoms with Crippen molar-refractivity contribution in [1.82, 2.24) is 9.88 Å². The highest BCUT2D eigenvalue weighted by molar-refractivity contribution is 9.10. The Balaban J connectivity index is 1.79.